The Morgan fingerprint density at radius 1 is 1.59 bits per heavy atom. The van der Waals surface area contributed by atoms with E-state index in [1.807, 2.05) is 11.3 Å². The molecule has 3 atom stereocenters. The summed E-state index contributed by atoms with van der Waals surface area (Å²) in [5, 5.41) is 5.84. The third-order valence-electron chi connectivity index (χ3n) is 3.79. The summed E-state index contributed by atoms with van der Waals surface area (Å²) in [7, 11) is 0. The quantitative estimate of drug-likeness (QED) is 0.885. The highest BCUT2D eigenvalue weighted by atomic mass is 32.1. The van der Waals surface area contributed by atoms with Gasteiger partial charge in [0.25, 0.3) is 0 Å². The molecule has 1 aromatic heterocycles. The van der Waals surface area contributed by atoms with Crippen LogP contribution in [0.2, 0.25) is 0 Å². The summed E-state index contributed by atoms with van der Waals surface area (Å²) >= 11 is 1.88. The molecule has 1 aromatic rings. The third-order valence-corrected chi connectivity index (χ3v) is 4.83. The Hall–Kier alpha value is -0.380. The molecule has 17 heavy (non-hydrogen) atoms. The summed E-state index contributed by atoms with van der Waals surface area (Å²) in [5.74, 6) is 0. The lowest BCUT2D eigenvalue weighted by atomic mass is 10.0. The van der Waals surface area contributed by atoms with Gasteiger partial charge in [0.05, 0.1) is 0 Å². The van der Waals surface area contributed by atoms with Crippen molar-refractivity contribution in [3.8, 4) is 0 Å². The third kappa shape index (κ3) is 3.09. The molecular formula is C14H24N2S. The molecule has 3 heteroatoms. The molecule has 3 unspecified atom stereocenters. The first-order valence-corrected chi connectivity index (χ1v) is 7.62. The van der Waals surface area contributed by atoms with E-state index in [9.17, 15) is 0 Å². The maximum atomic E-state index is 3.66. The van der Waals surface area contributed by atoms with Gasteiger partial charge in [0.15, 0.2) is 0 Å². The lowest BCUT2D eigenvalue weighted by Crippen LogP contribution is -2.55. The molecule has 0 saturated carbocycles. The number of rotatable bonds is 4. The van der Waals surface area contributed by atoms with Gasteiger partial charge in [-0.3, -0.25) is 4.90 Å². The van der Waals surface area contributed by atoms with Gasteiger partial charge in [-0.1, -0.05) is 19.4 Å². The van der Waals surface area contributed by atoms with Crippen LogP contribution in [0.3, 0.4) is 0 Å². The topological polar surface area (TPSA) is 15.3 Å². The Kier molecular flexibility index (Phi) is 4.60. The second kappa shape index (κ2) is 5.98. The average molecular weight is 252 g/mol. The van der Waals surface area contributed by atoms with E-state index < -0.39 is 0 Å². The number of hydrogen-bond donors (Lipinski definition) is 1. The maximum Gasteiger partial charge on any atom is 0.0417 e. The number of hydrogen-bond acceptors (Lipinski definition) is 3. The predicted molar refractivity (Wildman–Crippen MR) is 75.6 cm³/mol. The van der Waals surface area contributed by atoms with Crippen LogP contribution in [-0.4, -0.2) is 30.1 Å². The lowest BCUT2D eigenvalue weighted by Gasteiger charge is -2.42. The van der Waals surface area contributed by atoms with E-state index in [4.69, 9.17) is 0 Å². The van der Waals surface area contributed by atoms with Gasteiger partial charge in [0.2, 0.25) is 0 Å². The Bertz CT molecular complexity index is 323. The van der Waals surface area contributed by atoms with Gasteiger partial charge in [0.1, 0.15) is 0 Å². The molecule has 1 fully saturated rings. The molecule has 1 saturated heterocycles. The van der Waals surface area contributed by atoms with Gasteiger partial charge in [-0.05, 0) is 31.7 Å². The lowest BCUT2D eigenvalue weighted by molar-refractivity contribution is 0.0975. The van der Waals surface area contributed by atoms with Crippen molar-refractivity contribution >= 4 is 11.3 Å². The van der Waals surface area contributed by atoms with Gasteiger partial charge in [0, 0.05) is 36.1 Å². The van der Waals surface area contributed by atoms with Crippen molar-refractivity contribution in [3.63, 3.8) is 0 Å². The molecule has 0 radical (unpaired) electrons. The van der Waals surface area contributed by atoms with Crippen molar-refractivity contribution in [2.75, 3.05) is 13.1 Å². The minimum atomic E-state index is 0.562. The standard InChI is InChI=1S/C14H24N2S/c1-4-6-13-10-16(11(2)9-15-13)12(3)14-7-5-8-17-14/h5,7-8,11-13,15H,4,6,9-10H2,1-3H3. The van der Waals surface area contributed by atoms with Gasteiger partial charge < -0.3 is 5.32 Å². The van der Waals surface area contributed by atoms with Crippen LogP contribution >= 0.6 is 11.3 Å². The SMILES string of the molecule is CCCC1CN(C(C)c2cccs2)C(C)CN1. The van der Waals surface area contributed by atoms with Crippen molar-refractivity contribution in [1.82, 2.24) is 10.2 Å². The number of nitrogens with one attached hydrogen (secondary N) is 1. The van der Waals surface area contributed by atoms with Crippen molar-refractivity contribution in [2.24, 2.45) is 0 Å². The van der Waals surface area contributed by atoms with Crippen molar-refractivity contribution in [1.29, 1.82) is 0 Å². The van der Waals surface area contributed by atoms with Crippen LogP contribution in [0.5, 0.6) is 0 Å². The minimum absolute atomic E-state index is 0.562. The first-order chi connectivity index (χ1) is 8.22. The summed E-state index contributed by atoms with van der Waals surface area (Å²) < 4.78 is 0. The van der Waals surface area contributed by atoms with Crippen LogP contribution in [0.15, 0.2) is 17.5 Å². The van der Waals surface area contributed by atoms with Crippen LogP contribution in [0, 0.1) is 0 Å². The zero-order valence-corrected chi connectivity index (χ0v) is 12.0. The maximum absolute atomic E-state index is 3.66. The fourth-order valence-electron chi connectivity index (χ4n) is 2.73. The minimum Gasteiger partial charge on any atom is -0.311 e. The highest BCUT2D eigenvalue weighted by molar-refractivity contribution is 7.10. The molecule has 0 bridgehead atoms. The summed E-state index contributed by atoms with van der Waals surface area (Å²) in [5.41, 5.74) is 0. The Morgan fingerprint density at radius 3 is 3.06 bits per heavy atom. The van der Waals surface area contributed by atoms with E-state index in [0.717, 1.165) is 6.54 Å². The van der Waals surface area contributed by atoms with Gasteiger partial charge in [-0.2, -0.15) is 0 Å². The van der Waals surface area contributed by atoms with Crippen molar-refractivity contribution in [2.45, 2.75) is 51.7 Å². The molecule has 1 N–H and O–H groups in total. The van der Waals surface area contributed by atoms with Crippen LogP contribution < -0.4 is 5.32 Å². The second-order valence-electron chi connectivity index (χ2n) is 5.13. The van der Waals surface area contributed by atoms with Crippen LogP contribution in [0.25, 0.3) is 0 Å². The highest BCUT2D eigenvalue weighted by Gasteiger charge is 2.28. The van der Waals surface area contributed by atoms with E-state index in [1.54, 1.807) is 0 Å². The average Bonchev–Trinajstić information content (AvgIpc) is 2.85. The van der Waals surface area contributed by atoms with Crippen LogP contribution in [0.1, 0.15) is 44.5 Å². The molecule has 2 heterocycles. The zero-order valence-electron chi connectivity index (χ0n) is 11.1. The van der Waals surface area contributed by atoms with Gasteiger partial charge in [-0.25, -0.2) is 0 Å². The Labute approximate surface area is 109 Å². The molecule has 1 aliphatic heterocycles. The second-order valence-corrected chi connectivity index (χ2v) is 6.11. The largest absolute Gasteiger partial charge is 0.311 e. The molecular weight excluding hydrogens is 228 g/mol. The number of piperazine rings is 1. The Balaban J connectivity index is 2.02. The van der Waals surface area contributed by atoms with Crippen LogP contribution in [-0.2, 0) is 0 Å². The number of nitrogens with zero attached hydrogens (tertiary/aromatic N) is 1. The monoisotopic (exact) mass is 252 g/mol. The van der Waals surface area contributed by atoms with E-state index in [-0.39, 0.29) is 0 Å². The van der Waals surface area contributed by atoms with E-state index in [1.165, 1.54) is 24.3 Å². The molecule has 2 rings (SSSR count). The molecule has 0 amide bonds. The van der Waals surface area contributed by atoms with E-state index in [2.05, 4.69) is 48.5 Å². The smallest absolute Gasteiger partial charge is 0.0417 e. The van der Waals surface area contributed by atoms with Gasteiger partial charge >= 0.3 is 0 Å². The highest BCUT2D eigenvalue weighted by Crippen LogP contribution is 2.28. The molecule has 96 valence electrons. The molecule has 0 aromatic carbocycles. The summed E-state index contributed by atoms with van der Waals surface area (Å²) in [6.45, 7) is 9.26. The van der Waals surface area contributed by atoms with Crippen molar-refractivity contribution in [3.05, 3.63) is 22.4 Å². The van der Waals surface area contributed by atoms with Gasteiger partial charge in [-0.15, -0.1) is 11.3 Å². The number of thiophene rings is 1. The molecule has 0 aliphatic carbocycles. The fourth-order valence-corrected chi connectivity index (χ4v) is 3.53. The summed E-state index contributed by atoms with van der Waals surface area (Å²) in [4.78, 5) is 4.15. The fraction of sp³-hybridized carbons (Fsp3) is 0.714. The zero-order chi connectivity index (χ0) is 12.3. The summed E-state index contributed by atoms with van der Waals surface area (Å²) in [6, 6.07) is 6.30. The van der Waals surface area contributed by atoms with Crippen molar-refractivity contribution < 1.29 is 0 Å². The first-order valence-electron chi connectivity index (χ1n) is 6.75. The summed E-state index contributed by atoms with van der Waals surface area (Å²) in [6.07, 6.45) is 2.56. The molecule has 2 nitrogen and oxygen atoms in total. The van der Waals surface area contributed by atoms with Crippen LogP contribution in [0.4, 0.5) is 0 Å². The molecule has 0 spiro atoms. The predicted octanol–water partition coefficient (Wildman–Crippen LogP) is 3.27. The first kappa shape index (κ1) is 13.1. The van der Waals surface area contributed by atoms with E-state index >= 15 is 0 Å². The normalized spacial score (nSPS) is 28.2. The Morgan fingerprint density at radius 2 is 2.41 bits per heavy atom. The molecule has 1 aliphatic rings. The van der Waals surface area contributed by atoms with E-state index in [0.29, 0.717) is 18.1 Å².